The zero-order chi connectivity index (χ0) is 12.5. The third kappa shape index (κ3) is 6.64. The maximum absolute atomic E-state index is 11.6. The summed E-state index contributed by atoms with van der Waals surface area (Å²) in [5.41, 5.74) is 5.41. The zero-order valence-electron chi connectivity index (χ0n) is 11.1. The first-order valence-electron chi connectivity index (χ1n) is 6.87. The molecule has 1 heterocycles. The standard InChI is InChI=1S/C13H27N3O/c1-16-9-5-6-12(11-16)10-15-13(17)7-3-2-4-8-14/h12H,2-11,14H2,1H3,(H,15,17). The van der Waals surface area contributed by atoms with Crippen molar-refractivity contribution < 1.29 is 4.79 Å². The van der Waals surface area contributed by atoms with E-state index in [4.69, 9.17) is 5.73 Å². The van der Waals surface area contributed by atoms with Crippen LogP contribution in [-0.2, 0) is 4.79 Å². The number of nitrogens with zero attached hydrogens (tertiary/aromatic N) is 1. The lowest BCUT2D eigenvalue weighted by molar-refractivity contribution is -0.121. The molecule has 1 fully saturated rings. The van der Waals surface area contributed by atoms with E-state index in [1.165, 1.54) is 19.4 Å². The molecule has 1 unspecified atom stereocenters. The van der Waals surface area contributed by atoms with Gasteiger partial charge in [-0.1, -0.05) is 6.42 Å². The summed E-state index contributed by atoms with van der Waals surface area (Å²) in [4.78, 5) is 13.9. The summed E-state index contributed by atoms with van der Waals surface area (Å²) in [5, 5.41) is 3.05. The molecular weight excluding hydrogens is 214 g/mol. The second kappa shape index (κ2) is 8.48. The molecule has 3 N–H and O–H groups in total. The fourth-order valence-electron chi connectivity index (χ4n) is 2.39. The number of unbranched alkanes of at least 4 members (excludes halogenated alkanes) is 2. The van der Waals surface area contributed by atoms with Crippen molar-refractivity contribution in [1.29, 1.82) is 0 Å². The summed E-state index contributed by atoms with van der Waals surface area (Å²) in [6.07, 6.45) is 6.22. The summed E-state index contributed by atoms with van der Waals surface area (Å²) in [7, 11) is 2.15. The Kier molecular flexibility index (Phi) is 7.21. The number of hydrogen-bond acceptors (Lipinski definition) is 3. The molecule has 1 rings (SSSR count). The highest BCUT2D eigenvalue weighted by Crippen LogP contribution is 2.13. The third-order valence-electron chi connectivity index (χ3n) is 3.42. The number of carbonyl (C=O) groups excluding carboxylic acids is 1. The van der Waals surface area contributed by atoms with Crippen LogP contribution in [0.5, 0.6) is 0 Å². The van der Waals surface area contributed by atoms with Gasteiger partial charge >= 0.3 is 0 Å². The van der Waals surface area contributed by atoms with Crippen LogP contribution in [0.1, 0.15) is 38.5 Å². The number of hydrogen-bond donors (Lipinski definition) is 2. The Bertz CT molecular complexity index is 221. The molecule has 0 radical (unpaired) electrons. The molecule has 1 aliphatic heterocycles. The molecule has 0 aromatic heterocycles. The lowest BCUT2D eigenvalue weighted by Crippen LogP contribution is -2.39. The Morgan fingerprint density at radius 2 is 2.24 bits per heavy atom. The van der Waals surface area contributed by atoms with E-state index >= 15 is 0 Å². The first-order chi connectivity index (χ1) is 8.22. The minimum Gasteiger partial charge on any atom is -0.356 e. The number of rotatable bonds is 7. The number of amides is 1. The summed E-state index contributed by atoms with van der Waals surface area (Å²) in [6, 6.07) is 0. The molecule has 4 heteroatoms. The van der Waals surface area contributed by atoms with E-state index in [2.05, 4.69) is 17.3 Å². The Labute approximate surface area is 105 Å². The Morgan fingerprint density at radius 1 is 1.41 bits per heavy atom. The Hall–Kier alpha value is -0.610. The second-order valence-corrected chi connectivity index (χ2v) is 5.17. The van der Waals surface area contributed by atoms with Crippen molar-refractivity contribution in [3.05, 3.63) is 0 Å². The Balaban J connectivity index is 2.02. The van der Waals surface area contributed by atoms with Crippen LogP contribution in [0, 0.1) is 5.92 Å². The molecule has 4 nitrogen and oxygen atoms in total. The topological polar surface area (TPSA) is 58.4 Å². The average molecular weight is 241 g/mol. The number of nitrogens with one attached hydrogen (secondary N) is 1. The van der Waals surface area contributed by atoms with Gasteiger partial charge in [-0.3, -0.25) is 4.79 Å². The van der Waals surface area contributed by atoms with Crippen molar-refractivity contribution in [2.75, 3.05) is 33.2 Å². The molecule has 17 heavy (non-hydrogen) atoms. The number of likely N-dealkylation sites (tertiary alicyclic amines) is 1. The molecule has 0 aromatic carbocycles. The van der Waals surface area contributed by atoms with E-state index < -0.39 is 0 Å². The lowest BCUT2D eigenvalue weighted by Gasteiger charge is -2.29. The predicted octanol–water partition coefficient (Wildman–Crippen LogP) is 0.964. The van der Waals surface area contributed by atoms with Gasteiger partial charge in [0.25, 0.3) is 0 Å². The molecular formula is C13H27N3O. The van der Waals surface area contributed by atoms with E-state index in [0.717, 1.165) is 38.9 Å². The summed E-state index contributed by atoms with van der Waals surface area (Å²) in [5.74, 6) is 0.844. The molecule has 0 saturated carbocycles. The van der Waals surface area contributed by atoms with Crippen LogP contribution in [0.25, 0.3) is 0 Å². The fraction of sp³-hybridized carbons (Fsp3) is 0.923. The first kappa shape index (κ1) is 14.5. The maximum atomic E-state index is 11.6. The zero-order valence-corrected chi connectivity index (χ0v) is 11.1. The monoisotopic (exact) mass is 241 g/mol. The van der Waals surface area contributed by atoms with Gasteiger partial charge in [0.15, 0.2) is 0 Å². The predicted molar refractivity (Wildman–Crippen MR) is 70.8 cm³/mol. The minimum absolute atomic E-state index is 0.204. The highest BCUT2D eigenvalue weighted by molar-refractivity contribution is 5.75. The SMILES string of the molecule is CN1CCCC(CNC(=O)CCCCCN)C1. The molecule has 1 aliphatic rings. The van der Waals surface area contributed by atoms with Gasteiger partial charge in [-0.05, 0) is 51.7 Å². The van der Waals surface area contributed by atoms with Crippen LogP contribution in [0.15, 0.2) is 0 Å². The minimum atomic E-state index is 0.204. The van der Waals surface area contributed by atoms with Crippen molar-refractivity contribution in [3.63, 3.8) is 0 Å². The molecule has 1 atom stereocenters. The number of piperidine rings is 1. The van der Waals surface area contributed by atoms with Crippen molar-refractivity contribution >= 4 is 5.91 Å². The van der Waals surface area contributed by atoms with Gasteiger partial charge in [0.2, 0.25) is 5.91 Å². The van der Waals surface area contributed by atoms with Crippen molar-refractivity contribution in [1.82, 2.24) is 10.2 Å². The van der Waals surface area contributed by atoms with Gasteiger partial charge in [-0.2, -0.15) is 0 Å². The molecule has 1 amide bonds. The van der Waals surface area contributed by atoms with Gasteiger partial charge in [-0.15, -0.1) is 0 Å². The van der Waals surface area contributed by atoms with E-state index in [0.29, 0.717) is 12.3 Å². The van der Waals surface area contributed by atoms with Crippen LogP contribution in [0.4, 0.5) is 0 Å². The van der Waals surface area contributed by atoms with Crippen LogP contribution in [0.3, 0.4) is 0 Å². The smallest absolute Gasteiger partial charge is 0.220 e. The molecule has 0 aromatic rings. The molecule has 1 saturated heterocycles. The highest BCUT2D eigenvalue weighted by atomic mass is 16.1. The van der Waals surface area contributed by atoms with Crippen LogP contribution in [0.2, 0.25) is 0 Å². The quantitative estimate of drug-likeness (QED) is 0.653. The maximum Gasteiger partial charge on any atom is 0.220 e. The number of carbonyl (C=O) groups is 1. The first-order valence-corrected chi connectivity index (χ1v) is 6.87. The largest absolute Gasteiger partial charge is 0.356 e. The van der Waals surface area contributed by atoms with Gasteiger partial charge < -0.3 is 16.0 Å². The van der Waals surface area contributed by atoms with Gasteiger partial charge in [0.05, 0.1) is 0 Å². The summed E-state index contributed by atoms with van der Waals surface area (Å²) < 4.78 is 0. The normalized spacial score (nSPS) is 21.4. The highest BCUT2D eigenvalue weighted by Gasteiger charge is 2.17. The molecule has 100 valence electrons. The van der Waals surface area contributed by atoms with Gasteiger partial charge in [0.1, 0.15) is 0 Å². The van der Waals surface area contributed by atoms with E-state index in [9.17, 15) is 4.79 Å². The van der Waals surface area contributed by atoms with Crippen LogP contribution >= 0.6 is 0 Å². The van der Waals surface area contributed by atoms with Crippen molar-refractivity contribution in [2.24, 2.45) is 11.7 Å². The summed E-state index contributed by atoms with van der Waals surface area (Å²) >= 11 is 0. The molecule has 0 spiro atoms. The van der Waals surface area contributed by atoms with Crippen LogP contribution < -0.4 is 11.1 Å². The van der Waals surface area contributed by atoms with E-state index in [-0.39, 0.29) is 5.91 Å². The van der Waals surface area contributed by atoms with Gasteiger partial charge in [0, 0.05) is 19.5 Å². The molecule has 0 bridgehead atoms. The third-order valence-corrected chi connectivity index (χ3v) is 3.42. The molecule has 0 aliphatic carbocycles. The van der Waals surface area contributed by atoms with Crippen molar-refractivity contribution in [2.45, 2.75) is 38.5 Å². The number of nitrogens with two attached hydrogens (primary N) is 1. The van der Waals surface area contributed by atoms with E-state index in [1.54, 1.807) is 0 Å². The fourth-order valence-corrected chi connectivity index (χ4v) is 2.39. The lowest BCUT2D eigenvalue weighted by atomic mass is 9.98. The average Bonchev–Trinajstić information content (AvgIpc) is 2.32. The second-order valence-electron chi connectivity index (χ2n) is 5.17. The van der Waals surface area contributed by atoms with Crippen LogP contribution in [-0.4, -0.2) is 44.0 Å². The Morgan fingerprint density at radius 3 is 2.94 bits per heavy atom. The summed E-state index contributed by atoms with van der Waals surface area (Å²) in [6.45, 7) is 3.90. The van der Waals surface area contributed by atoms with Gasteiger partial charge in [-0.25, -0.2) is 0 Å². The van der Waals surface area contributed by atoms with E-state index in [1.807, 2.05) is 0 Å². The van der Waals surface area contributed by atoms with Crippen molar-refractivity contribution in [3.8, 4) is 0 Å².